The fraction of sp³-hybridized carbons (Fsp3) is 0.333. The standard InChI is InChI=1S/C18H22ClN/c1-11-8-12(2)14(4)18(13(11)3)17-9-16(19)7-6-15(17)10-20-5/h6-9,20H,10H2,1-5H3. The van der Waals surface area contributed by atoms with Crippen molar-refractivity contribution in [2.24, 2.45) is 0 Å². The van der Waals surface area contributed by atoms with Crippen LogP contribution in [0.2, 0.25) is 5.02 Å². The highest BCUT2D eigenvalue weighted by Gasteiger charge is 2.14. The first kappa shape index (κ1) is 15.1. The minimum Gasteiger partial charge on any atom is -0.316 e. The van der Waals surface area contributed by atoms with E-state index in [1.54, 1.807) is 0 Å². The first-order valence-electron chi connectivity index (χ1n) is 6.96. The summed E-state index contributed by atoms with van der Waals surface area (Å²) in [4.78, 5) is 0. The molecule has 0 aliphatic rings. The van der Waals surface area contributed by atoms with E-state index in [0.29, 0.717) is 0 Å². The quantitative estimate of drug-likeness (QED) is 0.841. The summed E-state index contributed by atoms with van der Waals surface area (Å²) < 4.78 is 0. The molecule has 0 aliphatic heterocycles. The van der Waals surface area contributed by atoms with E-state index in [9.17, 15) is 0 Å². The Morgan fingerprint density at radius 3 is 2.10 bits per heavy atom. The lowest BCUT2D eigenvalue weighted by Gasteiger charge is -2.18. The van der Waals surface area contributed by atoms with Gasteiger partial charge in [-0.15, -0.1) is 0 Å². The Kier molecular flexibility index (Phi) is 4.52. The van der Waals surface area contributed by atoms with Crippen LogP contribution in [0.5, 0.6) is 0 Å². The Morgan fingerprint density at radius 1 is 0.950 bits per heavy atom. The summed E-state index contributed by atoms with van der Waals surface area (Å²) in [5.41, 5.74) is 9.20. The SMILES string of the molecule is CNCc1ccc(Cl)cc1-c1c(C)c(C)cc(C)c1C. The molecular formula is C18H22ClN. The second-order valence-corrected chi connectivity index (χ2v) is 5.90. The second-order valence-electron chi connectivity index (χ2n) is 5.47. The average Bonchev–Trinajstić information content (AvgIpc) is 2.40. The summed E-state index contributed by atoms with van der Waals surface area (Å²) >= 11 is 6.23. The molecular weight excluding hydrogens is 266 g/mol. The van der Waals surface area contributed by atoms with E-state index < -0.39 is 0 Å². The molecule has 2 heteroatoms. The molecule has 1 nitrogen and oxygen atoms in total. The highest BCUT2D eigenvalue weighted by atomic mass is 35.5. The molecule has 0 fully saturated rings. The van der Waals surface area contributed by atoms with Gasteiger partial charge in [0.1, 0.15) is 0 Å². The molecule has 1 N–H and O–H groups in total. The number of hydrogen-bond donors (Lipinski definition) is 1. The normalized spacial score (nSPS) is 10.9. The van der Waals surface area contributed by atoms with Crippen LogP contribution < -0.4 is 5.32 Å². The van der Waals surface area contributed by atoms with Crippen LogP contribution in [0.25, 0.3) is 11.1 Å². The zero-order valence-corrected chi connectivity index (χ0v) is 13.7. The van der Waals surface area contributed by atoms with Crippen molar-refractivity contribution >= 4 is 11.6 Å². The molecule has 0 saturated carbocycles. The highest BCUT2D eigenvalue weighted by molar-refractivity contribution is 6.30. The van der Waals surface area contributed by atoms with Gasteiger partial charge in [-0.25, -0.2) is 0 Å². The first-order valence-corrected chi connectivity index (χ1v) is 7.34. The Bertz CT molecular complexity index is 618. The molecule has 20 heavy (non-hydrogen) atoms. The fourth-order valence-corrected chi connectivity index (χ4v) is 2.92. The van der Waals surface area contributed by atoms with Gasteiger partial charge in [-0.3, -0.25) is 0 Å². The Labute approximate surface area is 127 Å². The lowest BCUT2D eigenvalue weighted by Crippen LogP contribution is -2.07. The third kappa shape index (κ3) is 2.74. The minimum atomic E-state index is 0.790. The largest absolute Gasteiger partial charge is 0.316 e. The van der Waals surface area contributed by atoms with Gasteiger partial charge >= 0.3 is 0 Å². The van der Waals surface area contributed by atoms with Gasteiger partial charge in [0.25, 0.3) is 0 Å². The maximum Gasteiger partial charge on any atom is 0.0412 e. The average molecular weight is 288 g/mol. The van der Waals surface area contributed by atoms with Crippen LogP contribution in [0.4, 0.5) is 0 Å². The molecule has 0 amide bonds. The summed E-state index contributed by atoms with van der Waals surface area (Å²) in [7, 11) is 1.97. The van der Waals surface area contributed by atoms with Crippen molar-refractivity contribution in [3.63, 3.8) is 0 Å². The Hall–Kier alpha value is -1.31. The minimum absolute atomic E-state index is 0.790. The zero-order valence-electron chi connectivity index (χ0n) is 12.9. The van der Waals surface area contributed by atoms with E-state index in [1.165, 1.54) is 38.9 Å². The van der Waals surface area contributed by atoms with Crippen molar-refractivity contribution in [2.75, 3.05) is 7.05 Å². The van der Waals surface area contributed by atoms with E-state index in [1.807, 2.05) is 13.1 Å². The topological polar surface area (TPSA) is 12.0 Å². The lowest BCUT2D eigenvalue weighted by molar-refractivity contribution is 0.819. The molecule has 0 heterocycles. The molecule has 0 saturated heterocycles. The summed E-state index contributed by atoms with van der Waals surface area (Å²) in [6.07, 6.45) is 0. The molecule has 0 radical (unpaired) electrons. The van der Waals surface area contributed by atoms with Gasteiger partial charge in [0, 0.05) is 11.6 Å². The molecule has 2 aromatic rings. The molecule has 0 aliphatic carbocycles. The highest BCUT2D eigenvalue weighted by Crippen LogP contribution is 2.35. The van der Waals surface area contributed by atoms with Crippen LogP contribution in [0.15, 0.2) is 24.3 Å². The monoisotopic (exact) mass is 287 g/mol. The Morgan fingerprint density at radius 2 is 1.55 bits per heavy atom. The van der Waals surface area contributed by atoms with Crippen LogP contribution in [0, 0.1) is 27.7 Å². The van der Waals surface area contributed by atoms with Crippen molar-refractivity contribution in [3.8, 4) is 11.1 Å². The number of hydrogen-bond acceptors (Lipinski definition) is 1. The molecule has 0 unspecified atom stereocenters. The second kappa shape index (κ2) is 5.99. The molecule has 106 valence electrons. The molecule has 2 aromatic carbocycles. The number of rotatable bonds is 3. The molecule has 2 rings (SSSR count). The van der Waals surface area contributed by atoms with Crippen LogP contribution in [0.3, 0.4) is 0 Å². The van der Waals surface area contributed by atoms with Gasteiger partial charge in [0.2, 0.25) is 0 Å². The van der Waals surface area contributed by atoms with Crippen molar-refractivity contribution in [1.82, 2.24) is 5.32 Å². The molecule has 0 atom stereocenters. The zero-order chi connectivity index (χ0) is 14.9. The smallest absolute Gasteiger partial charge is 0.0412 e. The fourth-order valence-electron chi connectivity index (χ4n) is 2.75. The van der Waals surface area contributed by atoms with Gasteiger partial charge in [-0.05, 0) is 85.8 Å². The molecule has 0 aromatic heterocycles. The predicted molar refractivity (Wildman–Crippen MR) is 88.6 cm³/mol. The third-order valence-corrected chi connectivity index (χ3v) is 4.31. The van der Waals surface area contributed by atoms with E-state index in [-0.39, 0.29) is 0 Å². The number of nitrogens with one attached hydrogen (secondary N) is 1. The van der Waals surface area contributed by atoms with E-state index in [2.05, 4.69) is 51.2 Å². The maximum absolute atomic E-state index is 6.23. The maximum atomic E-state index is 6.23. The van der Waals surface area contributed by atoms with Crippen LogP contribution >= 0.6 is 11.6 Å². The van der Waals surface area contributed by atoms with E-state index >= 15 is 0 Å². The van der Waals surface area contributed by atoms with Crippen LogP contribution in [-0.4, -0.2) is 7.05 Å². The molecule has 0 spiro atoms. The number of benzene rings is 2. The predicted octanol–water partition coefficient (Wildman–Crippen LogP) is 4.96. The summed E-state index contributed by atoms with van der Waals surface area (Å²) in [5.74, 6) is 0. The van der Waals surface area contributed by atoms with Crippen molar-refractivity contribution < 1.29 is 0 Å². The Balaban J connectivity index is 2.77. The van der Waals surface area contributed by atoms with E-state index in [4.69, 9.17) is 11.6 Å². The summed E-state index contributed by atoms with van der Waals surface area (Å²) in [6, 6.07) is 8.43. The van der Waals surface area contributed by atoms with Crippen LogP contribution in [0.1, 0.15) is 27.8 Å². The lowest BCUT2D eigenvalue weighted by atomic mass is 9.87. The summed E-state index contributed by atoms with van der Waals surface area (Å²) in [6.45, 7) is 9.59. The first-order chi connectivity index (χ1) is 9.45. The number of halogens is 1. The van der Waals surface area contributed by atoms with Crippen molar-refractivity contribution in [3.05, 3.63) is 57.1 Å². The van der Waals surface area contributed by atoms with E-state index in [0.717, 1.165) is 11.6 Å². The van der Waals surface area contributed by atoms with Gasteiger partial charge in [0.15, 0.2) is 0 Å². The van der Waals surface area contributed by atoms with Crippen molar-refractivity contribution in [1.29, 1.82) is 0 Å². The van der Waals surface area contributed by atoms with Gasteiger partial charge < -0.3 is 5.32 Å². The third-order valence-electron chi connectivity index (χ3n) is 4.07. The van der Waals surface area contributed by atoms with Gasteiger partial charge in [0.05, 0.1) is 0 Å². The number of aryl methyl sites for hydroxylation is 2. The molecule has 0 bridgehead atoms. The van der Waals surface area contributed by atoms with Gasteiger partial charge in [-0.1, -0.05) is 23.7 Å². The van der Waals surface area contributed by atoms with Crippen LogP contribution in [-0.2, 0) is 6.54 Å². The van der Waals surface area contributed by atoms with Gasteiger partial charge in [-0.2, -0.15) is 0 Å². The summed E-state index contributed by atoms with van der Waals surface area (Å²) in [5, 5.41) is 4.03. The van der Waals surface area contributed by atoms with Crippen molar-refractivity contribution in [2.45, 2.75) is 34.2 Å².